The summed E-state index contributed by atoms with van der Waals surface area (Å²) in [5.41, 5.74) is 10.3. The molecule has 8 N–H and O–H groups in total. The van der Waals surface area contributed by atoms with E-state index in [1.54, 1.807) is 12.1 Å². The number of aliphatic hydroxyl groups is 1. The molecular weight excluding hydrogens is 634 g/mol. The first kappa shape index (κ1) is 35.1. The predicted molar refractivity (Wildman–Crippen MR) is 194 cm³/mol. The molecule has 0 unspecified atom stereocenters. The lowest BCUT2D eigenvalue weighted by Crippen LogP contribution is -2.47. The zero-order valence-electron chi connectivity index (χ0n) is 28.2. The lowest BCUT2D eigenvalue weighted by atomic mass is 9.80. The number of nitrogens with one attached hydrogen (secondary N) is 3. The number of H-pyrrole nitrogens is 1. The molecule has 2 fully saturated rings. The molecule has 0 radical (unpaired) electrons. The molecule has 0 spiro atoms. The van der Waals surface area contributed by atoms with Crippen molar-refractivity contribution in [2.45, 2.75) is 82.0 Å². The van der Waals surface area contributed by atoms with Gasteiger partial charge in [0.2, 0.25) is 11.5 Å². The minimum absolute atomic E-state index is 0.0147. The van der Waals surface area contributed by atoms with Crippen LogP contribution in [0, 0.1) is 5.92 Å². The zero-order valence-corrected chi connectivity index (χ0v) is 28.2. The number of phenols is 1. The number of nitrogens with zero attached hydrogens (tertiary/aromatic N) is 1. The number of hydrogen-bond donors (Lipinski definition) is 7. The number of phenolic OH excluding ortho intramolecular Hbond substituents is 1. The fourth-order valence-electron chi connectivity index (χ4n) is 7.47. The minimum atomic E-state index is -0.964. The maximum Gasteiger partial charge on any atom is 0.412 e. The summed E-state index contributed by atoms with van der Waals surface area (Å²) in [5, 5.41) is 38.3. The van der Waals surface area contributed by atoms with Crippen molar-refractivity contribution in [1.29, 1.82) is 0 Å². The number of amides is 2. The Bertz CT molecular complexity index is 1850. The third-order valence-corrected chi connectivity index (χ3v) is 10.2. The predicted octanol–water partition coefficient (Wildman–Crippen LogP) is 5.20. The van der Waals surface area contributed by atoms with E-state index >= 15 is 0 Å². The van der Waals surface area contributed by atoms with Crippen LogP contribution in [-0.4, -0.2) is 63.5 Å². The van der Waals surface area contributed by atoms with Crippen LogP contribution in [0.2, 0.25) is 0 Å². The van der Waals surface area contributed by atoms with Gasteiger partial charge in [-0.05, 0) is 98.7 Å². The molecule has 0 saturated heterocycles. The molecule has 1 heterocycles. The maximum absolute atomic E-state index is 12.8. The van der Waals surface area contributed by atoms with Crippen molar-refractivity contribution < 1.29 is 24.9 Å². The van der Waals surface area contributed by atoms with Gasteiger partial charge < -0.3 is 36.7 Å². The number of carboxylic acid groups (broad SMARTS) is 1. The third kappa shape index (κ3) is 8.35. The average molecular weight is 682 g/mol. The standard InChI is InChI=1S/C39H47N5O6/c40-27-10-12-29(13-11-27)44(39(49)50)33-21-24(9-14-30(33)26-6-2-1-3-7-26)5-4-8-36(47)42-28-19-25(20-28)22-41-23-35(46)31-15-17-34(45)38-32(31)16-18-37(48)43-38/h1-3,6-7,9,14-18,21,25,27-29,35,41,45-46H,4-5,8,10-13,19-20,22-23,40H2,(H,42,47)(H,43,48)(H,49,50)/t25?,27?,28?,29?,35-/m1/s1. The second-order valence-corrected chi connectivity index (χ2v) is 13.9. The molecule has 2 saturated carbocycles. The van der Waals surface area contributed by atoms with Gasteiger partial charge in [0.15, 0.2) is 0 Å². The van der Waals surface area contributed by atoms with Gasteiger partial charge in [0.1, 0.15) is 5.75 Å². The second kappa shape index (κ2) is 15.9. The fraction of sp³-hybridized carbons (Fsp3) is 0.410. The van der Waals surface area contributed by atoms with Crippen molar-refractivity contribution in [1.82, 2.24) is 15.6 Å². The highest BCUT2D eigenvalue weighted by molar-refractivity contribution is 5.94. The first-order valence-electron chi connectivity index (χ1n) is 17.7. The van der Waals surface area contributed by atoms with E-state index in [4.69, 9.17) is 5.73 Å². The molecule has 2 aliphatic carbocycles. The molecule has 1 atom stereocenters. The van der Waals surface area contributed by atoms with Gasteiger partial charge >= 0.3 is 6.09 Å². The molecular formula is C39H47N5O6. The molecule has 11 heteroatoms. The molecule has 3 aromatic carbocycles. The number of fused-ring (bicyclic) bond motifs is 1. The van der Waals surface area contributed by atoms with E-state index in [1.165, 1.54) is 17.0 Å². The second-order valence-electron chi connectivity index (χ2n) is 13.9. The van der Waals surface area contributed by atoms with Gasteiger partial charge in [0.25, 0.3) is 0 Å². The van der Waals surface area contributed by atoms with Crippen molar-refractivity contribution in [3.63, 3.8) is 0 Å². The summed E-state index contributed by atoms with van der Waals surface area (Å²) in [6.45, 7) is 1.03. The van der Waals surface area contributed by atoms with Gasteiger partial charge in [0, 0.05) is 48.1 Å². The van der Waals surface area contributed by atoms with Gasteiger partial charge in [-0.1, -0.05) is 48.5 Å². The van der Waals surface area contributed by atoms with Crippen LogP contribution < -0.4 is 26.8 Å². The number of carbonyl (C=O) groups is 2. The van der Waals surface area contributed by atoms with Crippen LogP contribution in [0.3, 0.4) is 0 Å². The van der Waals surface area contributed by atoms with Crippen LogP contribution in [0.5, 0.6) is 5.75 Å². The van der Waals surface area contributed by atoms with Crippen LogP contribution in [0.4, 0.5) is 10.5 Å². The Morgan fingerprint density at radius 2 is 1.74 bits per heavy atom. The summed E-state index contributed by atoms with van der Waals surface area (Å²) in [5.74, 6) is 0.360. The highest BCUT2D eigenvalue weighted by Crippen LogP contribution is 2.37. The summed E-state index contributed by atoms with van der Waals surface area (Å²) in [6, 6.07) is 22.1. The lowest BCUT2D eigenvalue weighted by molar-refractivity contribution is -0.122. The largest absolute Gasteiger partial charge is 0.506 e. The van der Waals surface area contributed by atoms with E-state index in [-0.39, 0.29) is 35.3 Å². The summed E-state index contributed by atoms with van der Waals surface area (Å²) in [4.78, 5) is 41.3. The zero-order chi connectivity index (χ0) is 35.2. The first-order chi connectivity index (χ1) is 24.2. The van der Waals surface area contributed by atoms with Crippen LogP contribution in [0.25, 0.3) is 22.0 Å². The third-order valence-electron chi connectivity index (χ3n) is 10.2. The normalized spacial score (nSPS) is 20.9. The molecule has 50 heavy (non-hydrogen) atoms. The fourth-order valence-corrected chi connectivity index (χ4v) is 7.47. The van der Waals surface area contributed by atoms with E-state index < -0.39 is 12.2 Å². The Balaban J connectivity index is 0.971. The number of nitrogens with two attached hydrogens (primary N) is 1. The van der Waals surface area contributed by atoms with Crippen molar-refractivity contribution in [3.8, 4) is 16.9 Å². The van der Waals surface area contributed by atoms with Gasteiger partial charge in [-0.3, -0.25) is 14.5 Å². The van der Waals surface area contributed by atoms with Crippen LogP contribution in [0.1, 0.15) is 68.6 Å². The molecule has 0 bridgehead atoms. The Morgan fingerprint density at radius 3 is 2.48 bits per heavy atom. The van der Waals surface area contributed by atoms with Crippen molar-refractivity contribution in [2.75, 3.05) is 18.0 Å². The maximum atomic E-state index is 12.8. The molecule has 4 aromatic rings. The Labute approximate surface area is 291 Å². The summed E-state index contributed by atoms with van der Waals surface area (Å²) in [6.07, 6.45) is 4.69. The number of benzene rings is 3. The van der Waals surface area contributed by atoms with Crippen LogP contribution in [0.15, 0.2) is 77.6 Å². The van der Waals surface area contributed by atoms with E-state index in [2.05, 4.69) is 15.6 Å². The number of rotatable bonds is 13. The van der Waals surface area contributed by atoms with Gasteiger partial charge in [-0.25, -0.2) is 4.79 Å². The number of pyridine rings is 1. The molecule has 2 amide bonds. The smallest absolute Gasteiger partial charge is 0.412 e. The van der Waals surface area contributed by atoms with Gasteiger partial charge in [-0.15, -0.1) is 0 Å². The number of hydrogen-bond acceptors (Lipinski definition) is 7. The molecule has 264 valence electrons. The van der Waals surface area contributed by atoms with Gasteiger partial charge in [-0.2, -0.15) is 0 Å². The summed E-state index contributed by atoms with van der Waals surface area (Å²) in [7, 11) is 0. The Morgan fingerprint density at radius 1 is 0.980 bits per heavy atom. The number of aromatic nitrogens is 1. The SMILES string of the molecule is NC1CCC(N(C(=O)O)c2cc(CCCC(=O)NC3CC(CNC[C@@H](O)c4ccc(O)c5[nH]c(=O)ccc45)C3)ccc2-c2ccccc2)CC1. The van der Waals surface area contributed by atoms with E-state index in [1.807, 2.05) is 48.5 Å². The van der Waals surface area contributed by atoms with Crippen molar-refractivity contribution in [2.24, 2.45) is 11.7 Å². The minimum Gasteiger partial charge on any atom is -0.506 e. The number of aromatic amines is 1. The number of aromatic hydroxyl groups is 1. The average Bonchev–Trinajstić information content (AvgIpc) is 3.08. The highest BCUT2D eigenvalue weighted by atomic mass is 16.4. The first-order valence-corrected chi connectivity index (χ1v) is 17.7. The number of anilines is 1. The quantitative estimate of drug-likeness (QED) is 0.101. The van der Waals surface area contributed by atoms with Crippen LogP contribution in [-0.2, 0) is 11.2 Å². The highest BCUT2D eigenvalue weighted by Gasteiger charge is 2.32. The number of aryl methyl sites for hydroxylation is 1. The monoisotopic (exact) mass is 681 g/mol. The van der Waals surface area contributed by atoms with Crippen molar-refractivity contribution >= 4 is 28.6 Å². The Hall–Kier alpha value is -4.71. The molecule has 1 aromatic heterocycles. The van der Waals surface area contributed by atoms with Crippen molar-refractivity contribution in [3.05, 3.63) is 94.3 Å². The molecule has 6 rings (SSSR count). The van der Waals surface area contributed by atoms with E-state index in [0.29, 0.717) is 60.4 Å². The van der Waals surface area contributed by atoms with E-state index in [9.17, 15) is 29.7 Å². The number of carbonyl (C=O) groups excluding carboxylic acids is 1. The number of aliphatic hydroxyl groups excluding tert-OH is 1. The van der Waals surface area contributed by atoms with Gasteiger partial charge in [0.05, 0.1) is 17.3 Å². The van der Waals surface area contributed by atoms with E-state index in [0.717, 1.165) is 55.2 Å². The summed E-state index contributed by atoms with van der Waals surface area (Å²) < 4.78 is 0. The molecule has 0 aliphatic heterocycles. The van der Waals surface area contributed by atoms with Crippen LogP contribution >= 0.6 is 0 Å². The lowest BCUT2D eigenvalue weighted by Gasteiger charge is -2.36. The molecule has 11 nitrogen and oxygen atoms in total. The topological polar surface area (TPSA) is 181 Å². The molecule has 2 aliphatic rings. The summed E-state index contributed by atoms with van der Waals surface area (Å²) >= 11 is 0. The Kier molecular flexibility index (Phi) is 11.2.